The maximum atomic E-state index is 12.2. The Balaban J connectivity index is 1.77. The summed E-state index contributed by atoms with van der Waals surface area (Å²) in [7, 11) is 0. The highest BCUT2D eigenvalue weighted by Gasteiger charge is 2.47. The molecule has 3 N–H and O–H groups in total. The average molecular weight is 302 g/mol. The lowest BCUT2D eigenvalue weighted by Gasteiger charge is -2.20. The molecule has 0 bridgehead atoms. The lowest BCUT2D eigenvalue weighted by atomic mass is 10.1. The quantitative estimate of drug-likeness (QED) is 0.895. The Morgan fingerprint density at radius 3 is 2.52 bits per heavy atom. The lowest BCUT2D eigenvalue weighted by Crippen LogP contribution is -2.43. The van der Waals surface area contributed by atoms with Crippen LogP contribution < -0.4 is 11.1 Å². The van der Waals surface area contributed by atoms with Crippen LogP contribution in [0, 0.1) is 11.3 Å². The van der Waals surface area contributed by atoms with Crippen molar-refractivity contribution in [2.24, 2.45) is 17.1 Å². The Bertz CT molecular complexity index is 608. The molecule has 0 aromatic heterocycles. The van der Waals surface area contributed by atoms with E-state index in [1.165, 1.54) is 11.8 Å². The lowest BCUT2D eigenvalue weighted by molar-refractivity contribution is -0.126. The molecule has 2 aliphatic rings. The predicted octanol–water partition coefficient (Wildman–Crippen LogP) is 2.12. The number of thioether (sulfide) groups is 1. The fourth-order valence-corrected chi connectivity index (χ4v) is 3.63. The first kappa shape index (κ1) is 14.2. The van der Waals surface area contributed by atoms with Gasteiger partial charge in [0.25, 0.3) is 0 Å². The molecule has 2 atom stereocenters. The van der Waals surface area contributed by atoms with Crippen molar-refractivity contribution in [2.45, 2.75) is 25.1 Å². The molecule has 1 heterocycles. The summed E-state index contributed by atoms with van der Waals surface area (Å²) in [4.78, 5) is 24.8. The zero-order valence-electron chi connectivity index (χ0n) is 11.8. The summed E-state index contributed by atoms with van der Waals surface area (Å²) in [6.45, 7) is 1.95. The van der Waals surface area contributed by atoms with E-state index in [1.807, 2.05) is 43.3 Å². The van der Waals surface area contributed by atoms with Crippen molar-refractivity contribution in [3.8, 4) is 0 Å². The zero-order valence-corrected chi connectivity index (χ0v) is 12.7. The molecule has 2 unspecified atom stereocenters. The Morgan fingerprint density at radius 2 is 1.95 bits per heavy atom. The van der Waals surface area contributed by atoms with Gasteiger partial charge in [-0.25, -0.2) is 0 Å². The van der Waals surface area contributed by atoms with Gasteiger partial charge in [-0.15, -0.1) is 0 Å². The van der Waals surface area contributed by atoms with E-state index in [0.29, 0.717) is 0 Å². The van der Waals surface area contributed by atoms with Gasteiger partial charge in [-0.2, -0.15) is 0 Å². The van der Waals surface area contributed by atoms with Crippen molar-refractivity contribution in [1.29, 1.82) is 0 Å². The largest absolute Gasteiger partial charge is 0.369 e. The van der Waals surface area contributed by atoms with E-state index in [9.17, 15) is 9.59 Å². The molecule has 2 amide bonds. The van der Waals surface area contributed by atoms with Crippen LogP contribution in [0.2, 0.25) is 0 Å². The van der Waals surface area contributed by atoms with Crippen LogP contribution in [0.25, 0.3) is 4.91 Å². The van der Waals surface area contributed by atoms with Crippen LogP contribution in [0.4, 0.5) is 0 Å². The van der Waals surface area contributed by atoms with Crippen molar-refractivity contribution in [1.82, 2.24) is 5.32 Å². The van der Waals surface area contributed by atoms with Crippen LogP contribution in [0.5, 0.6) is 0 Å². The minimum absolute atomic E-state index is 0.0222. The molecule has 1 aliphatic carbocycles. The smallest absolute Gasteiger partial charge is 0.227 e. The second-order valence-corrected chi connectivity index (χ2v) is 7.08. The van der Waals surface area contributed by atoms with Gasteiger partial charge < -0.3 is 11.1 Å². The van der Waals surface area contributed by atoms with Gasteiger partial charge in [0.05, 0.1) is 11.3 Å². The van der Waals surface area contributed by atoms with E-state index in [2.05, 4.69) is 5.32 Å². The molecule has 4 nitrogen and oxygen atoms in total. The third-order valence-corrected chi connectivity index (χ3v) is 5.41. The minimum atomic E-state index is -0.462. The van der Waals surface area contributed by atoms with Crippen LogP contribution in [0.1, 0.15) is 25.3 Å². The first-order valence-corrected chi connectivity index (χ1v) is 7.92. The van der Waals surface area contributed by atoms with Crippen molar-refractivity contribution in [3.05, 3.63) is 42.0 Å². The normalized spacial score (nSPS) is 26.0. The SMILES string of the molecule is CC1(C(=O)NC2SC(c3ccccc3)=CC2C(N)=O)CC1. The van der Waals surface area contributed by atoms with E-state index in [0.717, 1.165) is 23.3 Å². The van der Waals surface area contributed by atoms with Crippen LogP contribution in [-0.2, 0) is 9.59 Å². The van der Waals surface area contributed by atoms with Gasteiger partial charge in [0.15, 0.2) is 0 Å². The predicted molar refractivity (Wildman–Crippen MR) is 84.0 cm³/mol. The number of rotatable bonds is 4. The summed E-state index contributed by atoms with van der Waals surface area (Å²) in [5.74, 6) is -0.842. The number of hydrogen-bond acceptors (Lipinski definition) is 3. The summed E-state index contributed by atoms with van der Waals surface area (Å²) in [5, 5.41) is 2.68. The number of amides is 2. The zero-order chi connectivity index (χ0) is 15.0. The number of benzene rings is 1. The average Bonchev–Trinajstić information content (AvgIpc) is 3.08. The summed E-state index contributed by atoms with van der Waals surface area (Å²) in [6.07, 6.45) is 3.69. The van der Waals surface area contributed by atoms with E-state index in [4.69, 9.17) is 5.73 Å². The monoisotopic (exact) mass is 302 g/mol. The highest BCUT2D eigenvalue weighted by atomic mass is 32.2. The molecule has 3 rings (SSSR count). The maximum absolute atomic E-state index is 12.2. The number of primary amides is 1. The number of carbonyl (C=O) groups is 2. The third kappa shape index (κ3) is 2.83. The Hall–Kier alpha value is -1.75. The van der Waals surface area contributed by atoms with Crippen molar-refractivity contribution >= 4 is 28.5 Å². The molecule has 0 radical (unpaired) electrons. The summed E-state index contributed by atoms with van der Waals surface area (Å²) in [5.41, 5.74) is 6.27. The summed E-state index contributed by atoms with van der Waals surface area (Å²) in [6, 6.07) is 9.83. The topological polar surface area (TPSA) is 72.2 Å². The van der Waals surface area contributed by atoms with Gasteiger partial charge >= 0.3 is 0 Å². The van der Waals surface area contributed by atoms with E-state index >= 15 is 0 Å². The standard InChI is InChI=1S/C16H18N2O2S/c1-16(7-8-16)15(20)18-14-11(13(17)19)9-12(21-14)10-5-3-2-4-6-10/h2-6,9,11,14H,7-8H2,1H3,(H2,17,19)(H,18,20). The van der Waals surface area contributed by atoms with Gasteiger partial charge in [0.1, 0.15) is 0 Å². The molecular weight excluding hydrogens is 284 g/mol. The number of hydrogen-bond donors (Lipinski definition) is 2. The van der Waals surface area contributed by atoms with Crippen molar-refractivity contribution in [2.75, 3.05) is 0 Å². The molecular formula is C16H18N2O2S. The van der Waals surface area contributed by atoms with Gasteiger partial charge in [0.2, 0.25) is 11.8 Å². The van der Waals surface area contributed by atoms with Gasteiger partial charge in [-0.3, -0.25) is 9.59 Å². The van der Waals surface area contributed by atoms with Crippen LogP contribution >= 0.6 is 11.8 Å². The van der Waals surface area contributed by atoms with Gasteiger partial charge in [0, 0.05) is 10.3 Å². The number of carbonyl (C=O) groups excluding carboxylic acids is 2. The molecule has 1 aromatic carbocycles. The highest BCUT2D eigenvalue weighted by molar-refractivity contribution is 8.09. The van der Waals surface area contributed by atoms with Gasteiger partial charge in [-0.1, -0.05) is 55.1 Å². The fraction of sp³-hybridized carbons (Fsp3) is 0.375. The van der Waals surface area contributed by atoms with E-state index in [-0.39, 0.29) is 16.7 Å². The van der Waals surface area contributed by atoms with Crippen molar-refractivity contribution < 1.29 is 9.59 Å². The van der Waals surface area contributed by atoms with Gasteiger partial charge in [-0.05, 0) is 18.4 Å². The third-order valence-electron chi connectivity index (χ3n) is 4.12. The fourth-order valence-electron chi connectivity index (χ4n) is 2.34. The number of nitrogens with one attached hydrogen (secondary N) is 1. The Kier molecular flexibility index (Phi) is 3.53. The van der Waals surface area contributed by atoms with Crippen LogP contribution in [-0.4, -0.2) is 17.2 Å². The first-order valence-electron chi connectivity index (χ1n) is 7.04. The summed E-state index contributed by atoms with van der Waals surface area (Å²) >= 11 is 1.50. The van der Waals surface area contributed by atoms with Crippen LogP contribution in [0.15, 0.2) is 36.4 Å². The van der Waals surface area contributed by atoms with Crippen LogP contribution in [0.3, 0.4) is 0 Å². The Labute approximate surface area is 128 Å². The molecule has 21 heavy (non-hydrogen) atoms. The molecule has 5 heteroatoms. The summed E-state index contributed by atoms with van der Waals surface area (Å²) < 4.78 is 0. The molecule has 0 spiro atoms. The minimum Gasteiger partial charge on any atom is -0.369 e. The molecule has 1 saturated carbocycles. The second kappa shape index (κ2) is 5.22. The van der Waals surface area contributed by atoms with Crippen molar-refractivity contribution in [3.63, 3.8) is 0 Å². The molecule has 1 aromatic rings. The first-order chi connectivity index (χ1) is 9.99. The Morgan fingerprint density at radius 1 is 1.29 bits per heavy atom. The maximum Gasteiger partial charge on any atom is 0.227 e. The van der Waals surface area contributed by atoms with E-state index in [1.54, 1.807) is 0 Å². The molecule has 0 saturated heterocycles. The molecule has 1 fully saturated rings. The molecule has 1 aliphatic heterocycles. The highest BCUT2D eigenvalue weighted by Crippen LogP contribution is 2.47. The second-order valence-electron chi connectivity index (χ2n) is 5.90. The van der Waals surface area contributed by atoms with E-state index < -0.39 is 11.8 Å². The number of nitrogens with two attached hydrogens (primary N) is 1. The molecule has 110 valence electrons.